The quantitative estimate of drug-likeness (QED) is 0.663. The number of pyridine rings is 1. The second-order valence-electron chi connectivity index (χ2n) is 2.87. The Balaban J connectivity index is 2.82. The van der Waals surface area contributed by atoms with Crippen LogP contribution in [0.2, 0.25) is 0 Å². The van der Waals surface area contributed by atoms with Crippen LogP contribution in [0.4, 0.5) is 5.82 Å². The molecule has 2 heterocycles. The van der Waals surface area contributed by atoms with Gasteiger partial charge in [0.25, 0.3) is 0 Å². The Bertz CT molecular complexity index is 537. The van der Waals surface area contributed by atoms with Crippen LogP contribution >= 0.6 is 15.9 Å². The van der Waals surface area contributed by atoms with Gasteiger partial charge in [0.2, 0.25) is 5.65 Å². The smallest absolute Gasteiger partial charge is 0.353 e. The lowest BCUT2D eigenvalue weighted by Gasteiger charge is -1.95. The Morgan fingerprint density at radius 3 is 2.93 bits per heavy atom. The minimum absolute atomic E-state index is 0.0677. The number of hydrogen-bond acceptors (Lipinski definition) is 4. The van der Waals surface area contributed by atoms with E-state index in [1.807, 2.05) is 0 Å². The van der Waals surface area contributed by atoms with E-state index in [1.165, 1.54) is 4.40 Å². The van der Waals surface area contributed by atoms with E-state index < -0.39 is 11.5 Å². The molecule has 0 aliphatic carbocycles. The highest BCUT2D eigenvalue weighted by atomic mass is 79.9. The zero-order valence-corrected chi connectivity index (χ0v) is 9.01. The minimum atomic E-state index is -0.558. The van der Waals surface area contributed by atoms with Crippen molar-refractivity contribution < 1.29 is 10.0 Å². The lowest BCUT2D eigenvalue weighted by molar-refractivity contribution is -0.391. The molecule has 0 atom stereocenters. The summed E-state index contributed by atoms with van der Waals surface area (Å²) >= 11 is 3.21. The SMILES string of the molecule is O=[N+]([O-])c1c(CO)nc2ccc(Br)cn12. The minimum Gasteiger partial charge on any atom is -0.390 e. The number of halogens is 1. The summed E-state index contributed by atoms with van der Waals surface area (Å²) in [7, 11) is 0. The van der Waals surface area contributed by atoms with Crippen molar-refractivity contribution in [1.82, 2.24) is 9.38 Å². The van der Waals surface area contributed by atoms with Crippen LogP contribution in [0.25, 0.3) is 5.65 Å². The van der Waals surface area contributed by atoms with Crippen LogP contribution in [-0.4, -0.2) is 19.4 Å². The molecule has 2 rings (SSSR count). The Hall–Kier alpha value is -1.47. The van der Waals surface area contributed by atoms with Crippen molar-refractivity contribution in [3.8, 4) is 0 Å². The van der Waals surface area contributed by atoms with Gasteiger partial charge in [-0.05, 0) is 26.9 Å². The first-order valence-electron chi connectivity index (χ1n) is 4.05. The van der Waals surface area contributed by atoms with Crippen LogP contribution in [0.15, 0.2) is 22.8 Å². The van der Waals surface area contributed by atoms with Crippen LogP contribution in [0, 0.1) is 10.1 Å². The summed E-state index contributed by atoms with van der Waals surface area (Å²) in [5.41, 5.74) is 0.507. The van der Waals surface area contributed by atoms with E-state index >= 15 is 0 Å². The molecule has 78 valence electrons. The highest BCUT2D eigenvalue weighted by Crippen LogP contribution is 2.22. The molecule has 0 saturated carbocycles. The van der Waals surface area contributed by atoms with Crippen molar-refractivity contribution in [1.29, 1.82) is 0 Å². The number of nitro groups is 1. The molecule has 1 N–H and O–H groups in total. The van der Waals surface area contributed by atoms with Gasteiger partial charge in [0.1, 0.15) is 6.20 Å². The monoisotopic (exact) mass is 271 g/mol. The highest BCUT2D eigenvalue weighted by Gasteiger charge is 2.21. The van der Waals surface area contributed by atoms with Gasteiger partial charge in [-0.3, -0.25) is 0 Å². The fourth-order valence-electron chi connectivity index (χ4n) is 1.35. The number of aliphatic hydroxyl groups excluding tert-OH is 1. The molecule has 7 heteroatoms. The lowest BCUT2D eigenvalue weighted by Crippen LogP contribution is -1.97. The fourth-order valence-corrected chi connectivity index (χ4v) is 1.69. The zero-order valence-electron chi connectivity index (χ0n) is 7.42. The van der Waals surface area contributed by atoms with Gasteiger partial charge < -0.3 is 15.2 Å². The van der Waals surface area contributed by atoms with E-state index in [-0.39, 0.29) is 11.5 Å². The Kier molecular flexibility index (Phi) is 2.41. The van der Waals surface area contributed by atoms with Crippen molar-refractivity contribution in [2.24, 2.45) is 0 Å². The second kappa shape index (κ2) is 3.59. The molecule has 15 heavy (non-hydrogen) atoms. The van der Waals surface area contributed by atoms with Crippen LogP contribution in [0.1, 0.15) is 5.69 Å². The first-order valence-corrected chi connectivity index (χ1v) is 4.84. The highest BCUT2D eigenvalue weighted by molar-refractivity contribution is 9.10. The predicted octanol–water partition coefficient (Wildman–Crippen LogP) is 1.50. The molecule has 2 aromatic rings. The summed E-state index contributed by atoms with van der Waals surface area (Å²) in [6, 6.07) is 3.36. The van der Waals surface area contributed by atoms with E-state index in [9.17, 15) is 10.1 Å². The van der Waals surface area contributed by atoms with E-state index in [0.29, 0.717) is 10.1 Å². The van der Waals surface area contributed by atoms with Gasteiger partial charge in [0.15, 0.2) is 5.69 Å². The van der Waals surface area contributed by atoms with Crippen molar-refractivity contribution in [2.45, 2.75) is 6.61 Å². The maximum absolute atomic E-state index is 10.8. The summed E-state index contributed by atoms with van der Waals surface area (Å²) in [4.78, 5) is 14.2. The van der Waals surface area contributed by atoms with Gasteiger partial charge in [-0.2, -0.15) is 4.40 Å². The third-order valence-electron chi connectivity index (χ3n) is 1.95. The molecular formula is C8H6BrN3O3. The number of nitrogens with zero attached hydrogens (tertiary/aromatic N) is 3. The van der Waals surface area contributed by atoms with Crippen LogP contribution in [0.5, 0.6) is 0 Å². The largest absolute Gasteiger partial charge is 0.390 e. The Morgan fingerprint density at radius 1 is 1.60 bits per heavy atom. The number of aromatic nitrogens is 2. The predicted molar refractivity (Wildman–Crippen MR) is 55.5 cm³/mol. The first kappa shape index (κ1) is 10.1. The molecule has 0 bridgehead atoms. The maximum atomic E-state index is 10.8. The van der Waals surface area contributed by atoms with Crippen molar-refractivity contribution >= 4 is 27.4 Å². The zero-order chi connectivity index (χ0) is 11.0. The number of aliphatic hydroxyl groups is 1. The van der Waals surface area contributed by atoms with Crippen LogP contribution in [0.3, 0.4) is 0 Å². The van der Waals surface area contributed by atoms with E-state index in [4.69, 9.17) is 5.11 Å². The molecular weight excluding hydrogens is 266 g/mol. The Labute approximate surface area is 92.4 Å². The van der Waals surface area contributed by atoms with E-state index in [2.05, 4.69) is 20.9 Å². The number of hydrogen-bond donors (Lipinski definition) is 1. The van der Waals surface area contributed by atoms with Gasteiger partial charge in [0.05, 0.1) is 11.1 Å². The second-order valence-corrected chi connectivity index (χ2v) is 3.79. The number of fused-ring (bicyclic) bond motifs is 1. The normalized spacial score (nSPS) is 10.8. The Morgan fingerprint density at radius 2 is 2.33 bits per heavy atom. The molecule has 0 aliphatic rings. The average Bonchev–Trinajstić information content (AvgIpc) is 2.55. The molecule has 0 aliphatic heterocycles. The standard InChI is InChI=1S/C8H6BrN3O3/c9-5-1-2-7-10-6(4-13)8(12(14)15)11(7)3-5/h1-3,13H,4H2. The molecule has 0 spiro atoms. The van der Waals surface area contributed by atoms with Gasteiger partial charge in [0, 0.05) is 6.07 Å². The molecule has 0 unspecified atom stereocenters. The number of rotatable bonds is 2. The third-order valence-corrected chi connectivity index (χ3v) is 2.42. The summed E-state index contributed by atoms with van der Waals surface area (Å²) < 4.78 is 2.04. The average molecular weight is 272 g/mol. The van der Waals surface area contributed by atoms with Gasteiger partial charge in [-0.25, -0.2) is 4.98 Å². The summed E-state index contributed by atoms with van der Waals surface area (Å²) in [6.45, 7) is -0.449. The summed E-state index contributed by atoms with van der Waals surface area (Å²) in [6.07, 6.45) is 1.54. The summed E-state index contributed by atoms with van der Waals surface area (Å²) in [5, 5.41) is 19.7. The third kappa shape index (κ3) is 1.59. The fraction of sp³-hybridized carbons (Fsp3) is 0.125. The topological polar surface area (TPSA) is 80.7 Å². The first-order chi connectivity index (χ1) is 7.13. The van der Waals surface area contributed by atoms with Crippen molar-refractivity contribution in [3.63, 3.8) is 0 Å². The van der Waals surface area contributed by atoms with Gasteiger partial charge >= 0.3 is 5.82 Å². The van der Waals surface area contributed by atoms with Crippen molar-refractivity contribution in [3.05, 3.63) is 38.6 Å². The van der Waals surface area contributed by atoms with Crippen LogP contribution < -0.4 is 0 Å². The van der Waals surface area contributed by atoms with E-state index in [1.54, 1.807) is 18.3 Å². The van der Waals surface area contributed by atoms with Crippen LogP contribution in [-0.2, 0) is 6.61 Å². The van der Waals surface area contributed by atoms with Gasteiger partial charge in [-0.1, -0.05) is 0 Å². The lowest BCUT2D eigenvalue weighted by atomic mass is 10.4. The molecule has 6 nitrogen and oxygen atoms in total. The molecule has 0 saturated heterocycles. The van der Waals surface area contributed by atoms with Gasteiger partial charge in [-0.15, -0.1) is 0 Å². The molecule has 0 amide bonds. The molecule has 0 fully saturated rings. The van der Waals surface area contributed by atoms with E-state index in [0.717, 1.165) is 0 Å². The molecule has 0 aromatic carbocycles. The summed E-state index contributed by atoms with van der Waals surface area (Å²) in [5.74, 6) is -0.200. The van der Waals surface area contributed by atoms with Crippen molar-refractivity contribution in [2.75, 3.05) is 0 Å². The maximum Gasteiger partial charge on any atom is 0.353 e. The number of imidazole rings is 1. The molecule has 2 aromatic heterocycles. The molecule has 0 radical (unpaired) electrons.